The number of nitrogen functional groups attached to an aromatic ring is 1. The van der Waals surface area contributed by atoms with E-state index < -0.39 is 0 Å². The summed E-state index contributed by atoms with van der Waals surface area (Å²) in [7, 11) is 0. The van der Waals surface area contributed by atoms with Gasteiger partial charge in [-0.3, -0.25) is 9.48 Å². The van der Waals surface area contributed by atoms with E-state index in [2.05, 4.69) is 22.5 Å². The lowest BCUT2D eigenvalue weighted by Gasteiger charge is -2.05. The van der Waals surface area contributed by atoms with Gasteiger partial charge in [0.05, 0.1) is 11.9 Å². The van der Waals surface area contributed by atoms with Crippen LogP contribution in [0.25, 0.3) is 0 Å². The van der Waals surface area contributed by atoms with Gasteiger partial charge in [-0.05, 0) is 12.0 Å². The molecule has 1 aliphatic carbocycles. The first-order valence-electron chi connectivity index (χ1n) is 6.34. The van der Waals surface area contributed by atoms with Gasteiger partial charge in [0.2, 0.25) is 5.91 Å². The highest BCUT2D eigenvalue weighted by Crippen LogP contribution is 2.40. The van der Waals surface area contributed by atoms with Crippen LogP contribution in [0.15, 0.2) is 42.7 Å². The molecule has 5 nitrogen and oxygen atoms in total. The highest BCUT2D eigenvalue weighted by Gasteiger charge is 2.39. The number of rotatable bonds is 4. The van der Waals surface area contributed by atoms with Crippen molar-refractivity contribution in [2.75, 3.05) is 5.73 Å². The molecule has 0 bridgehead atoms. The monoisotopic (exact) mass is 256 g/mol. The zero-order valence-electron chi connectivity index (χ0n) is 10.5. The highest BCUT2D eigenvalue weighted by atomic mass is 16.2. The molecule has 3 N–H and O–H groups in total. The SMILES string of the molecule is Nc1cnn(CC(=O)NC2CC2c2ccccc2)c1. The summed E-state index contributed by atoms with van der Waals surface area (Å²) in [6.45, 7) is 0.217. The van der Waals surface area contributed by atoms with Gasteiger partial charge in [-0.2, -0.15) is 5.10 Å². The Bertz CT molecular complexity index is 578. The van der Waals surface area contributed by atoms with Crippen LogP contribution in [-0.2, 0) is 11.3 Å². The molecule has 2 unspecified atom stereocenters. The van der Waals surface area contributed by atoms with Crippen LogP contribution in [0, 0.1) is 0 Å². The summed E-state index contributed by atoms with van der Waals surface area (Å²) < 4.78 is 1.55. The smallest absolute Gasteiger partial charge is 0.241 e. The summed E-state index contributed by atoms with van der Waals surface area (Å²) in [5, 5.41) is 7.01. The fourth-order valence-electron chi connectivity index (χ4n) is 2.29. The van der Waals surface area contributed by atoms with E-state index in [9.17, 15) is 4.79 Å². The van der Waals surface area contributed by atoms with Gasteiger partial charge >= 0.3 is 0 Å². The second-order valence-electron chi connectivity index (χ2n) is 4.90. The van der Waals surface area contributed by atoms with Crippen molar-refractivity contribution in [1.82, 2.24) is 15.1 Å². The molecule has 0 aliphatic heterocycles. The van der Waals surface area contributed by atoms with Crippen molar-refractivity contribution >= 4 is 11.6 Å². The molecule has 1 aliphatic rings. The number of benzene rings is 1. The molecule has 98 valence electrons. The maximum Gasteiger partial charge on any atom is 0.241 e. The molecule has 1 aromatic carbocycles. The third kappa shape index (κ3) is 2.76. The molecule has 2 atom stereocenters. The third-order valence-electron chi connectivity index (χ3n) is 3.32. The van der Waals surface area contributed by atoms with Crippen molar-refractivity contribution < 1.29 is 4.79 Å². The first kappa shape index (κ1) is 11.8. The second-order valence-corrected chi connectivity index (χ2v) is 4.90. The maximum absolute atomic E-state index is 11.8. The molecular weight excluding hydrogens is 240 g/mol. The van der Waals surface area contributed by atoms with Crippen molar-refractivity contribution in [1.29, 1.82) is 0 Å². The van der Waals surface area contributed by atoms with E-state index in [1.807, 2.05) is 18.2 Å². The van der Waals surface area contributed by atoms with E-state index in [4.69, 9.17) is 5.73 Å². The zero-order valence-corrected chi connectivity index (χ0v) is 10.5. The van der Waals surface area contributed by atoms with Crippen molar-refractivity contribution in [2.45, 2.75) is 24.9 Å². The minimum absolute atomic E-state index is 0.0217. The summed E-state index contributed by atoms with van der Waals surface area (Å²) in [6, 6.07) is 10.5. The van der Waals surface area contributed by atoms with E-state index in [-0.39, 0.29) is 18.5 Å². The van der Waals surface area contributed by atoms with Gasteiger partial charge in [-0.1, -0.05) is 30.3 Å². The van der Waals surface area contributed by atoms with Gasteiger partial charge in [0, 0.05) is 18.2 Å². The lowest BCUT2D eigenvalue weighted by molar-refractivity contribution is -0.122. The minimum Gasteiger partial charge on any atom is -0.396 e. The highest BCUT2D eigenvalue weighted by molar-refractivity contribution is 5.76. The molecule has 5 heteroatoms. The van der Waals surface area contributed by atoms with E-state index in [0.717, 1.165) is 6.42 Å². The van der Waals surface area contributed by atoms with E-state index in [1.165, 1.54) is 11.8 Å². The molecule has 0 saturated heterocycles. The molecule has 3 rings (SSSR count). The van der Waals surface area contributed by atoms with Crippen LogP contribution in [0.2, 0.25) is 0 Å². The number of amides is 1. The number of nitrogens with one attached hydrogen (secondary N) is 1. The largest absolute Gasteiger partial charge is 0.396 e. The van der Waals surface area contributed by atoms with Gasteiger partial charge in [-0.25, -0.2) is 0 Å². The molecule has 1 fully saturated rings. The summed E-state index contributed by atoms with van der Waals surface area (Å²) in [5.41, 5.74) is 7.41. The van der Waals surface area contributed by atoms with Gasteiger partial charge in [0.15, 0.2) is 0 Å². The molecule has 1 aromatic heterocycles. The van der Waals surface area contributed by atoms with Crippen LogP contribution in [-0.4, -0.2) is 21.7 Å². The van der Waals surface area contributed by atoms with Crippen LogP contribution in [0.3, 0.4) is 0 Å². The number of hydrogen-bond acceptors (Lipinski definition) is 3. The third-order valence-corrected chi connectivity index (χ3v) is 3.32. The van der Waals surface area contributed by atoms with Crippen LogP contribution in [0.4, 0.5) is 5.69 Å². The first-order chi connectivity index (χ1) is 9.22. The Morgan fingerprint density at radius 1 is 1.42 bits per heavy atom. The van der Waals surface area contributed by atoms with Crippen molar-refractivity contribution in [3.05, 3.63) is 48.3 Å². The Hall–Kier alpha value is -2.30. The number of aromatic nitrogens is 2. The number of nitrogens with zero attached hydrogens (tertiary/aromatic N) is 2. The number of nitrogens with two attached hydrogens (primary N) is 1. The molecular formula is C14H16N4O. The normalized spacial score (nSPS) is 21.1. The molecule has 19 heavy (non-hydrogen) atoms. The number of hydrogen-bond donors (Lipinski definition) is 2. The summed E-state index contributed by atoms with van der Waals surface area (Å²) in [5.74, 6) is 0.430. The minimum atomic E-state index is -0.0217. The number of carbonyl (C=O) groups is 1. The Morgan fingerprint density at radius 2 is 2.21 bits per heavy atom. The molecule has 0 radical (unpaired) electrons. The van der Waals surface area contributed by atoms with Crippen molar-refractivity contribution in [2.24, 2.45) is 0 Å². The average molecular weight is 256 g/mol. The molecule has 1 saturated carbocycles. The van der Waals surface area contributed by atoms with E-state index in [0.29, 0.717) is 11.6 Å². The summed E-state index contributed by atoms with van der Waals surface area (Å²) in [4.78, 5) is 11.8. The fraction of sp³-hybridized carbons (Fsp3) is 0.286. The standard InChI is InChI=1S/C14H16N4O/c15-11-7-16-18(8-11)9-14(19)17-13-6-12(13)10-4-2-1-3-5-10/h1-5,7-8,12-13H,6,9,15H2,(H,17,19). The quantitative estimate of drug-likeness (QED) is 0.861. The Labute approximate surface area is 111 Å². The van der Waals surface area contributed by atoms with Gasteiger partial charge in [0.25, 0.3) is 0 Å². The lowest BCUT2D eigenvalue weighted by atomic mass is 10.1. The van der Waals surface area contributed by atoms with Crippen molar-refractivity contribution in [3.63, 3.8) is 0 Å². The predicted octanol–water partition coefficient (Wildman–Crippen LogP) is 1.14. The predicted molar refractivity (Wildman–Crippen MR) is 72.4 cm³/mol. The lowest BCUT2D eigenvalue weighted by Crippen LogP contribution is -2.30. The van der Waals surface area contributed by atoms with Crippen LogP contribution in [0.5, 0.6) is 0 Å². The van der Waals surface area contributed by atoms with Crippen LogP contribution < -0.4 is 11.1 Å². The average Bonchev–Trinajstić information content (AvgIpc) is 3.05. The Kier molecular flexibility index (Phi) is 2.95. The zero-order chi connectivity index (χ0) is 13.2. The Morgan fingerprint density at radius 3 is 2.89 bits per heavy atom. The second kappa shape index (κ2) is 4.76. The van der Waals surface area contributed by atoms with E-state index >= 15 is 0 Å². The summed E-state index contributed by atoms with van der Waals surface area (Å²) >= 11 is 0. The van der Waals surface area contributed by atoms with Crippen LogP contribution >= 0.6 is 0 Å². The molecule has 1 heterocycles. The number of carbonyl (C=O) groups excluding carboxylic acids is 1. The summed E-state index contributed by atoms with van der Waals surface area (Å²) in [6.07, 6.45) is 4.20. The molecule has 2 aromatic rings. The van der Waals surface area contributed by atoms with E-state index in [1.54, 1.807) is 10.9 Å². The van der Waals surface area contributed by atoms with Gasteiger partial charge < -0.3 is 11.1 Å². The van der Waals surface area contributed by atoms with Crippen molar-refractivity contribution in [3.8, 4) is 0 Å². The topological polar surface area (TPSA) is 72.9 Å². The van der Waals surface area contributed by atoms with Crippen LogP contribution in [0.1, 0.15) is 17.9 Å². The first-order valence-corrected chi connectivity index (χ1v) is 6.34. The fourth-order valence-corrected chi connectivity index (χ4v) is 2.29. The molecule has 0 spiro atoms. The van der Waals surface area contributed by atoms with Gasteiger partial charge in [0.1, 0.15) is 6.54 Å². The van der Waals surface area contributed by atoms with Gasteiger partial charge in [-0.15, -0.1) is 0 Å². The maximum atomic E-state index is 11.8. The number of anilines is 1. The Balaban J connectivity index is 1.52. The molecule has 1 amide bonds.